The maximum absolute atomic E-state index is 12.5. The van der Waals surface area contributed by atoms with Gasteiger partial charge in [0.25, 0.3) is 0 Å². The Morgan fingerprint density at radius 3 is 2.59 bits per heavy atom. The van der Waals surface area contributed by atoms with Crippen molar-refractivity contribution in [3.05, 3.63) is 59.9 Å². The van der Waals surface area contributed by atoms with Crippen LogP contribution in [-0.4, -0.2) is 27.5 Å². The molecule has 2 N–H and O–H groups in total. The standard InChI is InChI=1S/C21H26N2O4/c1-15(2)21(3,12-20(25)26)23-19(24)11-16-6-4-8-18(10-16)27-14-17-7-5-9-22-13-17/h4-10,13,15H,11-12,14H2,1-3H3,(H,23,24)(H,25,26). The Morgan fingerprint density at radius 1 is 1.22 bits per heavy atom. The summed E-state index contributed by atoms with van der Waals surface area (Å²) in [5.74, 6) is -0.484. The lowest BCUT2D eigenvalue weighted by Crippen LogP contribution is -2.51. The van der Waals surface area contributed by atoms with Crippen LogP contribution in [0, 0.1) is 5.92 Å². The molecule has 0 aliphatic heterocycles. The number of carboxylic acid groups (broad SMARTS) is 1. The van der Waals surface area contributed by atoms with Gasteiger partial charge in [0.05, 0.1) is 12.8 Å². The molecule has 1 unspecified atom stereocenters. The molecule has 1 aromatic heterocycles. The molecule has 0 fully saturated rings. The first-order chi connectivity index (χ1) is 12.8. The Hall–Kier alpha value is -2.89. The van der Waals surface area contributed by atoms with Gasteiger partial charge in [0.1, 0.15) is 12.4 Å². The number of aliphatic carboxylic acids is 1. The number of hydrogen-bond acceptors (Lipinski definition) is 4. The first-order valence-electron chi connectivity index (χ1n) is 8.92. The number of benzene rings is 1. The van der Waals surface area contributed by atoms with Crippen molar-refractivity contribution >= 4 is 11.9 Å². The Kier molecular flexibility index (Phi) is 6.93. The number of nitrogens with one attached hydrogen (secondary N) is 1. The van der Waals surface area contributed by atoms with Gasteiger partial charge in [0, 0.05) is 23.5 Å². The normalized spacial score (nSPS) is 13.0. The van der Waals surface area contributed by atoms with E-state index in [1.807, 2.05) is 50.2 Å². The van der Waals surface area contributed by atoms with Crippen molar-refractivity contribution in [2.45, 2.75) is 45.8 Å². The van der Waals surface area contributed by atoms with Crippen molar-refractivity contribution < 1.29 is 19.4 Å². The number of carbonyl (C=O) groups excluding carboxylic acids is 1. The molecule has 0 aliphatic carbocycles. The lowest BCUT2D eigenvalue weighted by atomic mass is 9.85. The number of nitrogens with zero attached hydrogens (tertiary/aromatic N) is 1. The molecule has 6 heteroatoms. The fourth-order valence-corrected chi connectivity index (χ4v) is 2.65. The maximum Gasteiger partial charge on any atom is 0.305 e. The number of carbonyl (C=O) groups is 2. The molecule has 0 bridgehead atoms. The molecule has 0 spiro atoms. The molecular formula is C21H26N2O4. The number of ether oxygens (including phenoxy) is 1. The van der Waals surface area contributed by atoms with Gasteiger partial charge in [-0.3, -0.25) is 14.6 Å². The zero-order valence-electron chi connectivity index (χ0n) is 15.9. The molecule has 0 aliphatic rings. The molecule has 27 heavy (non-hydrogen) atoms. The molecule has 2 aromatic rings. The zero-order valence-corrected chi connectivity index (χ0v) is 15.9. The average Bonchev–Trinajstić information content (AvgIpc) is 2.60. The van der Waals surface area contributed by atoms with Crippen molar-refractivity contribution in [1.82, 2.24) is 10.3 Å². The van der Waals surface area contributed by atoms with Crippen LogP contribution in [0.5, 0.6) is 5.75 Å². The molecule has 2 rings (SSSR count). The summed E-state index contributed by atoms with van der Waals surface area (Å²) in [7, 11) is 0. The van der Waals surface area contributed by atoms with Crippen molar-refractivity contribution in [3.8, 4) is 5.75 Å². The van der Waals surface area contributed by atoms with Crippen LogP contribution >= 0.6 is 0 Å². The van der Waals surface area contributed by atoms with Gasteiger partial charge in [0.15, 0.2) is 0 Å². The fraction of sp³-hybridized carbons (Fsp3) is 0.381. The van der Waals surface area contributed by atoms with Crippen molar-refractivity contribution in [2.24, 2.45) is 5.92 Å². The van der Waals surface area contributed by atoms with E-state index in [0.717, 1.165) is 11.1 Å². The molecule has 0 saturated heterocycles. The Balaban J connectivity index is 1.98. The summed E-state index contributed by atoms with van der Waals surface area (Å²) in [6.07, 6.45) is 3.49. The predicted octanol–water partition coefficient (Wildman–Crippen LogP) is 3.21. The Labute approximate surface area is 159 Å². The Bertz CT molecular complexity index is 777. The van der Waals surface area contributed by atoms with Gasteiger partial charge in [0.2, 0.25) is 5.91 Å². The highest BCUT2D eigenvalue weighted by Gasteiger charge is 2.32. The van der Waals surface area contributed by atoms with Crippen LogP contribution < -0.4 is 10.1 Å². The SMILES string of the molecule is CC(C)C(C)(CC(=O)O)NC(=O)Cc1cccc(OCc2cccnc2)c1. The van der Waals surface area contributed by atoms with E-state index in [-0.39, 0.29) is 24.7 Å². The third-order valence-electron chi connectivity index (χ3n) is 4.61. The van der Waals surface area contributed by atoms with Crippen LogP contribution in [0.3, 0.4) is 0 Å². The predicted molar refractivity (Wildman–Crippen MR) is 102 cm³/mol. The molecular weight excluding hydrogens is 344 g/mol. The summed E-state index contributed by atoms with van der Waals surface area (Å²) in [6, 6.07) is 11.1. The van der Waals surface area contributed by atoms with E-state index in [1.54, 1.807) is 19.3 Å². The van der Waals surface area contributed by atoms with Crippen LogP contribution in [-0.2, 0) is 22.6 Å². The van der Waals surface area contributed by atoms with Gasteiger partial charge >= 0.3 is 5.97 Å². The fourth-order valence-electron chi connectivity index (χ4n) is 2.65. The number of carboxylic acids is 1. The second-order valence-corrected chi connectivity index (χ2v) is 7.16. The van der Waals surface area contributed by atoms with Crippen LogP contribution in [0.15, 0.2) is 48.8 Å². The number of amides is 1. The molecule has 1 heterocycles. The summed E-state index contributed by atoms with van der Waals surface area (Å²) in [4.78, 5) is 27.6. The largest absolute Gasteiger partial charge is 0.489 e. The minimum atomic E-state index is -0.933. The van der Waals surface area contributed by atoms with Gasteiger partial charge in [-0.2, -0.15) is 0 Å². The van der Waals surface area contributed by atoms with E-state index >= 15 is 0 Å². The van der Waals surface area contributed by atoms with Gasteiger partial charge in [-0.25, -0.2) is 0 Å². The minimum absolute atomic E-state index is 0.00769. The number of rotatable bonds is 9. The smallest absolute Gasteiger partial charge is 0.305 e. The van der Waals surface area contributed by atoms with Gasteiger partial charge in [-0.1, -0.05) is 32.0 Å². The monoisotopic (exact) mass is 370 g/mol. The van der Waals surface area contributed by atoms with Crippen molar-refractivity contribution in [3.63, 3.8) is 0 Å². The molecule has 6 nitrogen and oxygen atoms in total. The first kappa shape index (κ1) is 20.4. The lowest BCUT2D eigenvalue weighted by Gasteiger charge is -2.33. The summed E-state index contributed by atoms with van der Waals surface area (Å²) < 4.78 is 5.76. The highest BCUT2D eigenvalue weighted by Crippen LogP contribution is 2.21. The van der Waals surface area contributed by atoms with Gasteiger partial charge < -0.3 is 15.2 Å². The molecule has 1 amide bonds. The number of pyridine rings is 1. The van der Waals surface area contributed by atoms with E-state index in [9.17, 15) is 9.59 Å². The summed E-state index contributed by atoms with van der Waals surface area (Å²) in [6.45, 7) is 5.96. The summed E-state index contributed by atoms with van der Waals surface area (Å²) in [5.41, 5.74) is 0.969. The highest BCUT2D eigenvalue weighted by molar-refractivity contribution is 5.80. The summed E-state index contributed by atoms with van der Waals surface area (Å²) in [5, 5.41) is 12.0. The first-order valence-corrected chi connectivity index (χ1v) is 8.92. The van der Waals surface area contributed by atoms with Crippen molar-refractivity contribution in [1.29, 1.82) is 0 Å². The molecule has 1 atom stereocenters. The van der Waals surface area contributed by atoms with Crippen LogP contribution in [0.4, 0.5) is 0 Å². The van der Waals surface area contributed by atoms with E-state index in [1.165, 1.54) is 0 Å². The van der Waals surface area contributed by atoms with E-state index in [4.69, 9.17) is 9.84 Å². The van der Waals surface area contributed by atoms with Crippen LogP contribution in [0.25, 0.3) is 0 Å². The lowest BCUT2D eigenvalue weighted by molar-refractivity contribution is -0.139. The number of aromatic nitrogens is 1. The summed E-state index contributed by atoms with van der Waals surface area (Å²) >= 11 is 0. The molecule has 1 aromatic carbocycles. The van der Waals surface area contributed by atoms with E-state index in [2.05, 4.69) is 10.3 Å². The molecule has 144 valence electrons. The van der Waals surface area contributed by atoms with E-state index < -0.39 is 11.5 Å². The van der Waals surface area contributed by atoms with Gasteiger partial charge in [-0.05, 0) is 36.6 Å². The second-order valence-electron chi connectivity index (χ2n) is 7.16. The van der Waals surface area contributed by atoms with Crippen LogP contribution in [0.2, 0.25) is 0 Å². The quantitative estimate of drug-likeness (QED) is 0.708. The Morgan fingerprint density at radius 2 is 1.96 bits per heavy atom. The highest BCUT2D eigenvalue weighted by atomic mass is 16.5. The van der Waals surface area contributed by atoms with Crippen molar-refractivity contribution in [2.75, 3.05) is 0 Å². The molecule has 0 radical (unpaired) electrons. The average molecular weight is 370 g/mol. The maximum atomic E-state index is 12.5. The third kappa shape index (κ3) is 6.40. The second kappa shape index (κ2) is 9.16. The topological polar surface area (TPSA) is 88.5 Å². The molecule has 0 saturated carbocycles. The van der Waals surface area contributed by atoms with Crippen LogP contribution in [0.1, 0.15) is 38.3 Å². The van der Waals surface area contributed by atoms with Gasteiger partial charge in [-0.15, -0.1) is 0 Å². The minimum Gasteiger partial charge on any atom is -0.489 e. The van der Waals surface area contributed by atoms with E-state index in [0.29, 0.717) is 12.4 Å². The third-order valence-corrected chi connectivity index (χ3v) is 4.61. The zero-order chi connectivity index (χ0) is 19.9. The number of hydrogen-bond donors (Lipinski definition) is 2.